The first kappa shape index (κ1) is 20.9. The van der Waals surface area contributed by atoms with Gasteiger partial charge in [-0.2, -0.15) is 0 Å². The highest BCUT2D eigenvalue weighted by Gasteiger charge is 2.14. The molecule has 0 saturated carbocycles. The van der Waals surface area contributed by atoms with E-state index in [-0.39, 0.29) is 17.8 Å². The van der Waals surface area contributed by atoms with E-state index in [1.165, 1.54) is 12.4 Å². The summed E-state index contributed by atoms with van der Waals surface area (Å²) in [4.78, 5) is 30.9. The van der Waals surface area contributed by atoms with Crippen molar-refractivity contribution in [3.05, 3.63) is 48.5 Å². The van der Waals surface area contributed by atoms with E-state index in [0.29, 0.717) is 29.2 Å². The van der Waals surface area contributed by atoms with Crippen LogP contribution in [0.4, 0.5) is 21.6 Å². The Labute approximate surface area is 171 Å². The van der Waals surface area contributed by atoms with Crippen LogP contribution in [-0.4, -0.2) is 49.3 Å². The molecule has 2 aromatic carbocycles. The van der Waals surface area contributed by atoms with Crippen molar-refractivity contribution in [2.45, 2.75) is 0 Å². The summed E-state index contributed by atoms with van der Waals surface area (Å²) >= 11 is 0. The molecule has 0 aliphatic carbocycles. The fourth-order valence-corrected chi connectivity index (χ4v) is 2.59. The summed E-state index contributed by atoms with van der Waals surface area (Å²) in [7, 11) is 2.67. The van der Waals surface area contributed by atoms with Gasteiger partial charge in [-0.15, -0.1) is 0 Å². The summed E-state index contributed by atoms with van der Waals surface area (Å²) in [5.41, 5.74) is 1.36. The number of esters is 1. The number of fused-ring (bicyclic) bond motifs is 1. The molecule has 3 rings (SSSR count). The predicted molar refractivity (Wildman–Crippen MR) is 107 cm³/mol. The molecule has 0 unspecified atom stereocenters. The number of halogens is 1. The molecule has 1 heterocycles. The monoisotopic (exact) mass is 414 g/mol. The van der Waals surface area contributed by atoms with Crippen molar-refractivity contribution in [3.8, 4) is 5.75 Å². The predicted octanol–water partition coefficient (Wildman–Crippen LogP) is 2.65. The van der Waals surface area contributed by atoms with E-state index in [9.17, 15) is 14.0 Å². The normalized spacial score (nSPS) is 10.5. The molecule has 3 aromatic rings. The van der Waals surface area contributed by atoms with Crippen molar-refractivity contribution >= 4 is 40.0 Å². The highest BCUT2D eigenvalue weighted by atomic mass is 19.1. The van der Waals surface area contributed by atoms with Crippen LogP contribution in [0, 0.1) is 5.82 Å². The summed E-state index contributed by atoms with van der Waals surface area (Å²) in [6, 6.07) is 9.31. The zero-order valence-electron chi connectivity index (χ0n) is 16.3. The number of ether oxygens (including phenoxy) is 3. The van der Waals surface area contributed by atoms with E-state index < -0.39 is 17.7 Å². The minimum absolute atomic E-state index is 0.208. The third-order valence-electron chi connectivity index (χ3n) is 4.00. The Morgan fingerprint density at radius 2 is 1.77 bits per heavy atom. The van der Waals surface area contributed by atoms with E-state index in [1.807, 2.05) is 0 Å². The number of anilines is 3. The van der Waals surface area contributed by atoms with E-state index in [0.717, 1.165) is 7.11 Å². The van der Waals surface area contributed by atoms with Crippen molar-refractivity contribution in [2.24, 2.45) is 0 Å². The minimum Gasteiger partial charge on any atom is -0.491 e. The van der Waals surface area contributed by atoms with Gasteiger partial charge in [0.05, 0.1) is 24.6 Å². The van der Waals surface area contributed by atoms with Crippen molar-refractivity contribution in [1.29, 1.82) is 0 Å². The number of benzene rings is 2. The lowest BCUT2D eigenvalue weighted by Crippen LogP contribution is -2.23. The molecule has 0 fully saturated rings. The quantitative estimate of drug-likeness (QED) is 0.345. The summed E-state index contributed by atoms with van der Waals surface area (Å²) in [6.45, 7) is 0.669. The second-order valence-electron chi connectivity index (χ2n) is 6.01. The van der Waals surface area contributed by atoms with Crippen LogP contribution in [0.15, 0.2) is 42.7 Å². The molecule has 0 radical (unpaired) electrons. The van der Waals surface area contributed by atoms with Crippen LogP contribution in [0.3, 0.4) is 0 Å². The molecular weight excluding hydrogens is 395 g/mol. The third kappa shape index (κ3) is 4.97. The molecule has 1 amide bonds. The van der Waals surface area contributed by atoms with Gasteiger partial charge in [-0.3, -0.25) is 4.79 Å². The van der Waals surface area contributed by atoms with Gasteiger partial charge in [-0.25, -0.2) is 19.2 Å². The maximum atomic E-state index is 14.7. The van der Waals surface area contributed by atoms with Crippen molar-refractivity contribution in [2.75, 3.05) is 38.1 Å². The fourth-order valence-electron chi connectivity index (χ4n) is 2.59. The molecule has 156 valence electrons. The fraction of sp³-hybridized carbons (Fsp3) is 0.200. The molecule has 0 atom stereocenters. The van der Waals surface area contributed by atoms with Gasteiger partial charge >= 0.3 is 11.9 Å². The van der Waals surface area contributed by atoms with Crippen molar-refractivity contribution in [1.82, 2.24) is 9.97 Å². The topological polar surface area (TPSA) is 112 Å². The summed E-state index contributed by atoms with van der Waals surface area (Å²) < 4.78 is 29.4. The molecular formula is C20H19FN4O5. The van der Waals surface area contributed by atoms with Gasteiger partial charge < -0.3 is 24.8 Å². The van der Waals surface area contributed by atoms with Gasteiger partial charge in [-0.1, -0.05) is 0 Å². The lowest BCUT2D eigenvalue weighted by Gasteiger charge is -2.12. The lowest BCUT2D eigenvalue weighted by molar-refractivity contribution is -0.150. The molecule has 0 aliphatic heterocycles. The molecule has 10 heteroatoms. The van der Waals surface area contributed by atoms with E-state index in [4.69, 9.17) is 9.47 Å². The van der Waals surface area contributed by atoms with Crippen LogP contribution in [0.1, 0.15) is 0 Å². The van der Waals surface area contributed by atoms with Gasteiger partial charge in [0, 0.05) is 30.6 Å². The Kier molecular flexibility index (Phi) is 6.71. The number of hydrogen-bond acceptors (Lipinski definition) is 8. The molecule has 0 aliphatic rings. The van der Waals surface area contributed by atoms with E-state index in [2.05, 4.69) is 25.3 Å². The Morgan fingerprint density at radius 1 is 1.03 bits per heavy atom. The molecule has 1 aromatic heterocycles. The second kappa shape index (κ2) is 9.61. The zero-order chi connectivity index (χ0) is 21.5. The van der Waals surface area contributed by atoms with Crippen LogP contribution in [-0.2, 0) is 19.1 Å². The molecule has 9 nitrogen and oxygen atoms in total. The summed E-state index contributed by atoms with van der Waals surface area (Å²) in [6.07, 6.45) is 1.31. The molecule has 2 N–H and O–H groups in total. The molecule has 0 saturated heterocycles. The molecule has 0 spiro atoms. The zero-order valence-corrected chi connectivity index (χ0v) is 16.3. The largest absolute Gasteiger partial charge is 0.491 e. The Hall–Kier alpha value is -3.79. The average Bonchev–Trinajstić information content (AvgIpc) is 2.74. The molecule has 0 bridgehead atoms. The third-order valence-corrected chi connectivity index (χ3v) is 4.00. The first-order valence-corrected chi connectivity index (χ1v) is 8.84. The number of amides is 1. The summed E-state index contributed by atoms with van der Waals surface area (Å²) in [5, 5.41) is 5.63. The maximum Gasteiger partial charge on any atom is 0.396 e. The number of methoxy groups -OCH3 is 2. The Bertz CT molecular complexity index is 1060. The van der Waals surface area contributed by atoms with Gasteiger partial charge in [0.2, 0.25) is 0 Å². The van der Waals surface area contributed by atoms with Crippen molar-refractivity contribution in [3.63, 3.8) is 0 Å². The van der Waals surface area contributed by atoms with Crippen molar-refractivity contribution < 1.29 is 28.2 Å². The summed E-state index contributed by atoms with van der Waals surface area (Å²) in [5.74, 6) is -1.80. The Balaban J connectivity index is 1.78. The van der Waals surface area contributed by atoms with Gasteiger partial charge in [0.15, 0.2) is 0 Å². The van der Waals surface area contributed by atoms with Crippen LogP contribution in [0.5, 0.6) is 5.75 Å². The smallest absolute Gasteiger partial charge is 0.396 e. The van der Waals surface area contributed by atoms with Gasteiger partial charge in [0.1, 0.15) is 30.3 Å². The highest BCUT2D eigenvalue weighted by molar-refractivity contribution is 6.37. The van der Waals surface area contributed by atoms with Crippen LogP contribution in [0.2, 0.25) is 0 Å². The molecule has 30 heavy (non-hydrogen) atoms. The number of rotatable bonds is 7. The number of carbonyl (C=O) groups excluding carboxylic acids is 2. The number of nitrogens with zero attached hydrogens (tertiary/aromatic N) is 2. The SMILES string of the molecule is COCCOc1cc(F)c2c(Nc3ccc(NC(=O)C(=O)OC)cc3)ncnc2c1. The highest BCUT2D eigenvalue weighted by Crippen LogP contribution is 2.29. The lowest BCUT2D eigenvalue weighted by atomic mass is 10.2. The number of nitrogens with one attached hydrogen (secondary N) is 2. The van der Waals surface area contributed by atoms with Gasteiger partial charge in [0.25, 0.3) is 0 Å². The number of hydrogen-bond donors (Lipinski definition) is 2. The first-order chi connectivity index (χ1) is 14.5. The minimum atomic E-state index is -0.995. The van der Waals surface area contributed by atoms with E-state index >= 15 is 0 Å². The van der Waals surface area contributed by atoms with Gasteiger partial charge in [-0.05, 0) is 24.3 Å². The average molecular weight is 414 g/mol. The van der Waals surface area contributed by atoms with Crippen LogP contribution in [0.25, 0.3) is 10.9 Å². The van der Waals surface area contributed by atoms with Crippen LogP contribution < -0.4 is 15.4 Å². The van der Waals surface area contributed by atoms with Crippen LogP contribution >= 0.6 is 0 Å². The first-order valence-electron chi connectivity index (χ1n) is 8.84. The second-order valence-corrected chi connectivity index (χ2v) is 6.01. The standard InChI is InChI=1S/C20H19FN4O5/c1-28-7-8-30-14-9-15(21)17-16(10-14)22-11-23-18(17)24-12-3-5-13(6-4-12)25-19(26)20(27)29-2/h3-6,9-11H,7-8H2,1-2H3,(H,25,26)(H,22,23,24). The number of aromatic nitrogens is 2. The maximum absolute atomic E-state index is 14.7. The van der Waals surface area contributed by atoms with E-state index in [1.54, 1.807) is 37.4 Å². The Morgan fingerprint density at radius 3 is 2.47 bits per heavy atom. The number of carbonyl (C=O) groups is 2.